The Morgan fingerprint density at radius 2 is 2.00 bits per heavy atom. The predicted octanol–water partition coefficient (Wildman–Crippen LogP) is 2.71. The molecule has 10 heteroatoms. The number of anilines is 1. The normalized spacial score (nSPS) is 10.1. The number of nitrogens with zero attached hydrogens (tertiary/aromatic N) is 1. The highest BCUT2D eigenvalue weighted by atomic mass is 127. The molecule has 2 aromatic carbocycles. The summed E-state index contributed by atoms with van der Waals surface area (Å²) in [7, 11) is 1.36. The number of halogens is 1. The van der Waals surface area contributed by atoms with Crippen LogP contribution in [0, 0.1) is 13.7 Å². The van der Waals surface area contributed by atoms with Crippen LogP contribution < -0.4 is 10.1 Å². The Balaban J connectivity index is 2.04. The molecule has 0 saturated carbocycles. The molecule has 0 unspecified atom stereocenters. The number of nitrogens with one attached hydrogen (secondary N) is 1. The van der Waals surface area contributed by atoms with Crippen molar-refractivity contribution in [1.82, 2.24) is 0 Å². The van der Waals surface area contributed by atoms with Gasteiger partial charge < -0.3 is 19.9 Å². The van der Waals surface area contributed by atoms with E-state index < -0.39 is 23.4 Å². The third kappa shape index (κ3) is 4.81. The lowest BCUT2D eigenvalue weighted by Crippen LogP contribution is -2.21. The summed E-state index contributed by atoms with van der Waals surface area (Å²) in [5.74, 6) is -1.67. The molecule has 9 nitrogen and oxygen atoms in total. The number of amides is 1. The molecule has 2 aromatic rings. The molecule has 0 atom stereocenters. The van der Waals surface area contributed by atoms with Gasteiger partial charge in [0.2, 0.25) is 0 Å². The summed E-state index contributed by atoms with van der Waals surface area (Å²) in [6.07, 6.45) is 0. The standard InChI is InChI=1S/C16H13IN2O7/c1-25-10-3-4-12(13(7-10)19(23)24)18-15(21)8-26-16(22)11-6-9(17)2-5-14(11)20/h2-7,20H,8H2,1H3,(H,18,21). The molecule has 0 spiro atoms. The predicted molar refractivity (Wildman–Crippen MR) is 99.4 cm³/mol. The molecule has 0 aliphatic rings. The molecule has 136 valence electrons. The maximum Gasteiger partial charge on any atom is 0.342 e. The maximum atomic E-state index is 11.9. The number of methoxy groups -OCH3 is 1. The fraction of sp³-hybridized carbons (Fsp3) is 0.125. The van der Waals surface area contributed by atoms with Crippen molar-refractivity contribution >= 4 is 45.8 Å². The molecule has 0 aromatic heterocycles. The van der Waals surface area contributed by atoms with Gasteiger partial charge in [0.05, 0.1) is 18.1 Å². The van der Waals surface area contributed by atoms with Gasteiger partial charge in [-0.05, 0) is 52.9 Å². The zero-order valence-electron chi connectivity index (χ0n) is 13.4. The highest BCUT2D eigenvalue weighted by Gasteiger charge is 2.19. The van der Waals surface area contributed by atoms with Crippen molar-refractivity contribution in [2.24, 2.45) is 0 Å². The summed E-state index contributed by atoms with van der Waals surface area (Å²) in [6.45, 7) is -0.674. The molecule has 0 aliphatic carbocycles. The summed E-state index contributed by atoms with van der Waals surface area (Å²) in [5, 5.41) is 23.0. The zero-order chi connectivity index (χ0) is 19.3. The third-order valence-corrected chi connectivity index (χ3v) is 3.86. The first kappa shape index (κ1) is 19.4. The van der Waals surface area contributed by atoms with Crippen LogP contribution in [0.15, 0.2) is 36.4 Å². The molecule has 0 bridgehead atoms. The van der Waals surface area contributed by atoms with Crippen LogP contribution in [0.2, 0.25) is 0 Å². The maximum absolute atomic E-state index is 11.9. The second-order valence-electron chi connectivity index (χ2n) is 4.93. The number of hydrogen-bond acceptors (Lipinski definition) is 7. The van der Waals surface area contributed by atoms with E-state index >= 15 is 0 Å². The number of nitro benzene ring substituents is 1. The van der Waals surface area contributed by atoms with Crippen LogP contribution in [0.25, 0.3) is 0 Å². The van der Waals surface area contributed by atoms with Gasteiger partial charge in [0.1, 0.15) is 22.7 Å². The molecular formula is C16H13IN2O7. The minimum Gasteiger partial charge on any atom is -0.507 e. The zero-order valence-corrected chi connectivity index (χ0v) is 15.6. The van der Waals surface area contributed by atoms with E-state index in [-0.39, 0.29) is 28.4 Å². The Bertz CT molecular complexity index is 870. The number of benzene rings is 2. The molecule has 0 radical (unpaired) electrons. The molecule has 2 N–H and O–H groups in total. The molecule has 0 fully saturated rings. The summed E-state index contributed by atoms with van der Waals surface area (Å²) in [4.78, 5) is 34.3. The average Bonchev–Trinajstić information content (AvgIpc) is 2.61. The Labute approximate surface area is 161 Å². The van der Waals surface area contributed by atoms with Crippen LogP contribution in [-0.4, -0.2) is 35.6 Å². The van der Waals surface area contributed by atoms with E-state index in [1.165, 1.54) is 31.4 Å². The summed E-state index contributed by atoms with van der Waals surface area (Å²) in [5.41, 5.74) is -0.506. The molecular weight excluding hydrogens is 459 g/mol. The van der Waals surface area contributed by atoms with Crippen LogP contribution >= 0.6 is 22.6 Å². The van der Waals surface area contributed by atoms with Crippen molar-refractivity contribution in [2.45, 2.75) is 0 Å². The number of rotatable bonds is 6. The van der Waals surface area contributed by atoms with Crippen LogP contribution in [0.5, 0.6) is 11.5 Å². The highest BCUT2D eigenvalue weighted by Crippen LogP contribution is 2.29. The number of carbonyl (C=O) groups excluding carboxylic acids is 2. The minimum absolute atomic E-state index is 0.0612. The lowest BCUT2D eigenvalue weighted by molar-refractivity contribution is -0.384. The summed E-state index contributed by atoms with van der Waals surface area (Å²) < 4.78 is 10.4. The number of ether oxygens (including phenoxy) is 2. The smallest absolute Gasteiger partial charge is 0.342 e. The van der Waals surface area contributed by atoms with Crippen molar-refractivity contribution in [3.63, 3.8) is 0 Å². The van der Waals surface area contributed by atoms with Crippen molar-refractivity contribution < 1.29 is 29.1 Å². The highest BCUT2D eigenvalue weighted by molar-refractivity contribution is 14.1. The fourth-order valence-electron chi connectivity index (χ4n) is 1.96. The SMILES string of the molecule is COc1ccc(NC(=O)COC(=O)c2cc(I)ccc2O)c([N+](=O)[O-])c1. The number of phenols is 1. The lowest BCUT2D eigenvalue weighted by atomic mass is 10.2. The van der Waals surface area contributed by atoms with Gasteiger partial charge in [-0.15, -0.1) is 0 Å². The van der Waals surface area contributed by atoms with Gasteiger partial charge >= 0.3 is 5.97 Å². The molecule has 26 heavy (non-hydrogen) atoms. The first-order valence-corrected chi connectivity index (χ1v) is 8.17. The van der Waals surface area contributed by atoms with Crippen LogP contribution in [0.3, 0.4) is 0 Å². The Kier molecular flexibility index (Phi) is 6.33. The van der Waals surface area contributed by atoms with Crippen LogP contribution in [-0.2, 0) is 9.53 Å². The minimum atomic E-state index is -0.889. The van der Waals surface area contributed by atoms with E-state index in [2.05, 4.69) is 5.32 Å². The Morgan fingerprint density at radius 3 is 2.65 bits per heavy atom. The fourth-order valence-corrected chi connectivity index (χ4v) is 2.45. The van der Waals surface area contributed by atoms with Gasteiger partial charge in [0.25, 0.3) is 11.6 Å². The number of phenolic OH excluding ortho intramolecular Hbond substituents is 1. The topological polar surface area (TPSA) is 128 Å². The van der Waals surface area contributed by atoms with Gasteiger partial charge in [-0.3, -0.25) is 14.9 Å². The summed E-state index contributed by atoms with van der Waals surface area (Å²) >= 11 is 1.96. The summed E-state index contributed by atoms with van der Waals surface area (Å²) in [6, 6.07) is 8.25. The molecule has 2 rings (SSSR count). The molecule has 0 heterocycles. The second-order valence-corrected chi connectivity index (χ2v) is 6.17. The van der Waals surface area contributed by atoms with Gasteiger partial charge in [0.15, 0.2) is 6.61 Å². The van der Waals surface area contributed by atoms with Crippen molar-refractivity contribution in [3.8, 4) is 11.5 Å². The van der Waals surface area contributed by atoms with E-state index in [4.69, 9.17) is 9.47 Å². The van der Waals surface area contributed by atoms with E-state index in [0.29, 0.717) is 3.57 Å². The molecule has 1 amide bonds. The Hall–Kier alpha value is -2.89. The number of hydrogen-bond donors (Lipinski definition) is 2. The molecule has 0 saturated heterocycles. The quantitative estimate of drug-likeness (QED) is 0.286. The van der Waals surface area contributed by atoms with Crippen LogP contribution in [0.1, 0.15) is 10.4 Å². The number of nitro groups is 1. The average molecular weight is 472 g/mol. The van der Waals surface area contributed by atoms with Gasteiger partial charge in [-0.2, -0.15) is 0 Å². The first-order valence-electron chi connectivity index (χ1n) is 7.09. The van der Waals surface area contributed by atoms with Gasteiger partial charge in [0, 0.05) is 3.57 Å². The van der Waals surface area contributed by atoms with Crippen molar-refractivity contribution in [2.75, 3.05) is 19.0 Å². The number of esters is 1. The monoisotopic (exact) mass is 472 g/mol. The molecule has 0 aliphatic heterocycles. The largest absolute Gasteiger partial charge is 0.507 e. The van der Waals surface area contributed by atoms with Crippen molar-refractivity contribution in [3.05, 3.63) is 55.6 Å². The second kappa shape index (κ2) is 8.47. The van der Waals surface area contributed by atoms with Crippen LogP contribution in [0.4, 0.5) is 11.4 Å². The van der Waals surface area contributed by atoms with E-state index in [9.17, 15) is 24.8 Å². The van der Waals surface area contributed by atoms with E-state index in [1.54, 1.807) is 6.07 Å². The van der Waals surface area contributed by atoms with Gasteiger partial charge in [-0.1, -0.05) is 0 Å². The van der Waals surface area contributed by atoms with E-state index in [0.717, 1.165) is 6.07 Å². The number of aromatic hydroxyl groups is 1. The first-order chi connectivity index (χ1) is 12.3. The third-order valence-electron chi connectivity index (χ3n) is 3.19. The van der Waals surface area contributed by atoms with E-state index in [1.807, 2.05) is 22.6 Å². The van der Waals surface area contributed by atoms with Gasteiger partial charge in [-0.25, -0.2) is 4.79 Å². The Morgan fingerprint density at radius 1 is 1.27 bits per heavy atom. The number of carbonyl (C=O) groups is 2. The lowest BCUT2D eigenvalue weighted by Gasteiger charge is -2.09. The van der Waals surface area contributed by atoms with Crippen molar-refractivity contribution in [1.29, 1.82) is 0 Å².